The number of benzene rings is 1. The van der Waals surface area contributed by atoms with Crippen molar-refractivity contribution in [3.8, 4) is 0 Å². The number of hydrogen-bond donors (Lipinski definition) is 1. The van der Waals surface area contributed by atoms with E-state index in [4.69, 9.17) is 14.6 Å². The predicted octanol–water partition coefficient (Wildman–Crippen LogP) is 8.39. The third-order valence-electron chi connectivity index (χ3n) is 9.72. The van der Waals surface area contributed by atoms with Crippen molar-refractivity contribution in [2.75, 3.05) is 19.8 Å². The lowest BCUT2D eigenvalue weighted by Gasteiger charge is -2.38. The first kappa shape index (κ1) is 34.9. The van der Waals surface area contributed by atoms with Crippen LogP contribution < -0.4 is 0 Å². The highest BCUT2D eigenvalue weighted by Crippen LogP contribution is 2.45. The zero-order chi connectivity index (χ0) is 31.4. The van der Waals surface area contributed by atoms with Gasteiger partial charge in [0.05, 0.1) is 25.4 Å². The van der Waals surface area contributed by atoms with Crippen molar-refractivity contribution in [2.45, 2.75) is 110 Å². The molecule has 1 N–H and O–H groups in total. The summed E-state index contributed by atoms with van der Waals surface area (Å²) in [7, 11) is 0. The van der Waals surface area contributed by atoms with Crippen LogP contribution in [-0.2, 0) is 25.5 Å². The second kappa shape index (κ2) is 17.7. The molecule has 0 bridgehead atoms. The van der Waals surface area contributed by atoms with Crippen molar-refractivity contribution in [1.29, 1.82) is 0 Å². The van der Waals surface area contributed by atoms with E-state index < -0.39 is 30.2 Å². The first-order chi connectivity index (χ1) is 20.6. The van der Waals surface area contributed by atoms with Gasteiger partial charge in [-0.3, -0.25) is 0 Å². The topological polar surface area (TPSA) is 72.8 Å². The maximum Gasteiger partial charge on any atom is 0.335 e. The molecule has 2 aliphatic carbocycles. The van der Waals surface area contributed by atoms with Crippen molar-refractivity contribution in [3.05, 3.63) is 59.2 Å². The fourth-order valence-corrected chi connectivity index (χ4v) is 6.89. The molecule has 240 valence electrons. The summed E-state index contributed by atoms with van der Waals surface area (Å²) in [5, 5.41) is 9.11. The quantitative estimate of drug-likeness (QED) is 0.117. The Morgan fingerprint density at radius 3 is 2.09 bits per heavy atom. The molecule has 0 radical (unpaired) electrons. The normalized spacial score (nSPS) is 22.9. The Kier molecular flexibility index (Phi) is 14.4. The smallest absolute Gasteiger partial charge is 0.335 e. The number of rotatable bonds is 16. The van der Waals surface area contributed by atoms with Crippen LogP contribution in [0.15, 0.2) is 36.4 Å². The molecule has 1 aromatic carbocycles. The van der Waals surface area contributed by atoms with Gasteiger partial charge in [-0.15, -0.1) is 0 Å². The van der Waals surface area contributed by atoms with Gasteiger partial charge in [-0.2, -0.15) is 0 Å². The van der Waals surface area contributed by atoms with Gasteiger partial charge in [0.15, 0.2) is 11.6 Å². The molecule has 7 heteroatoms. The minimum absolute atomic E-state index is 0.00181. The fraction of sp³-hybridized carbons (Fsp3) is 0.667. The predicted molar refractivity (Wildman–Crippen MR) is 165 cm³/mol. The van der Waals surface area contributed by atoms with Gasteiger partial charge >= 0.3 is 11.9 Å². The van der Waals surface area contributed by atoms with Gasteiger partial charge in [-0.1, -0.05) is 57.9 Å². The van der Waals surface area contributed by atoms with Gasteiger partial charge in [0.1, 0.15) is 0 Å². The van der Waals surface area contributed by atoms with E-state index in [0.717, 1.165) is 70.6 Å². The van der Waals surface area contributed by atoms with Crippen LogP contribution in [0.4, 0.5) is 8.78 Å². The Hall–Kier alpha value is -2.54. The van der Waals surface area contributed by atoms with E-state index in [0.29, 0.717) is 40.9 Å². The van der Waals surface area contributed by atoms with Crippen LogP contribution in [0.1, 0.15) is 114 Å². The molecule has 5 nitrogen and oxygen atoms in total. The second-order valence-electron chi connectivity index (χ2n) is 13.0. The van der Waals surface area contributed by atoms with Gasteiger partial charge < -0.3 is 14.6 Å². The second-order valence-corrected chi connectivity index (χ2v) is 13.0. The van der Waals surface area contributed by atoms with Crippen molar-refractivity contribution in [1.82, 2.24) is 0 Å². The van der Waals surface area contributed by atoms with E-state index in [1.54, 1.807) is 6.92 Å². The van der Waals surface area contributed by atoms with Gasteiger partial charge in [-0.25, -0.2) is 18.4 Å². The average molecular weight is 603 g/mol. The molecule has 2 saturated carbocycles. The minimum atomic E-state index is -0.640. The largest absolute Gasteiger partial charge is 0.462 e. The van der Waals surface area contributed by atoms with Crippen LogP contribution in [0.5, 0.6) is 0 Å². The first-order valence-electron chi connectivity index (χ1n) is 16.4. The van der Waals surface area contributed by atoms with Gasteiger partial charge in [0.2, 0.25) is 0 Å². The highest BCUT2D eigenvalue weighted by atomic mass is 19.2. The summed E-state index contributed by atoms with van der Waals surface area (Å²) in [6, 6.07) is 3.65. The summed E-state index contributed by atoms with van der Waals surface area (Å²) in [5.74, 6) is -0.501. The van der Waals surface area contributed by atoms with Crippen molar-refractivity contribution >= 4 is 11.9 Å². The van der Waals surface area contributed by atoms with Crippen LogP contribution in [0.3, 0.4) is 0 Å². The third-order valence-corrected chi connectivity index (χ3v) is 9.72. The van der Waals surface area contributed by atoms with E-state index in [2.05, 4.69) is 20.1 Å². The summed E-state index contributed by atoms with van der Waals surface area (Å²) in [4.78, 5) is 23.9. The van der Waals surface area contributed by atoms with Gasteiger partial charge in [-0.05, 0) is 106 Å². The molecule has 2 aliphatic rings. The number of aryl methyl sites for hydroxylation is 1. The zero-order valence-corrected chi connectivity index (χ0v) is 26.3. The Bertz CT molecular complexity index is 1080. The monoisotopic (exact) mass is 602 g/mol. The van der Waals surface area contributed by atoms with E-state index in [9.17, 15) is 14.0 Å². The summed E-state index contributed by atoms with van der Waals surface area (Å²) in [5.41, 5.74) is 1.39. The summed E-state index contributed by atoms with van der Waals surface area (Å²) in [6.45, 7) is 10.6. The minimum Gasteiger partial charge on any atom is -0.462 e. The molecule has 1 aromatic rings. The lowest BCUT2D eigenvalue weighted by Crippen LogP contribution is -2.26. The Morgan fingerprint density at radius 1 is 0.907 bits per heavy atom. The highest BCUT2D eigenvalue weighted by Gasteiger charge is 2.33. The van der Waals surface area contributed by atoms with Crippen LogP contribution in [0.2, 0.25) is 0 Å². The zero-order valence-electron chi connectivity index (χ0n) is 26.3. The van der Waals surface area contributed by atoms with Crippen LogP contribution in [0.25, 0.3) is 0 Å². The fourth-order valence-electron chi connectivity index (χ4n) is 6.89. The molecule has 3 rings (SSSR count). The Labute approximate surface area is 257 Å². The summed E-state index contributed by atoms with van der Waals surface area (Å²) in [6.07, 6.45) is 13.9. The van der Waals surface area contributed by atoms with Crippen LogP contribution in [0, 0.1) is 35.3 Å². The molecule has 0 amide bonds. The van der Waals surface area contributed by atoms with Crippen molar-refractivity contribution < 1.29 is 33.0 Å². The summed E-state index contributed by atoms with van der Waals surface area (Å²) >= 11 is 0. The number of hydrogen-bond acceptors (Lipinski definition) is 5. The van der Waals surface area contributed by atoms with E-state index in [-0.39, 0.29) is 30.6 Å². The molecule has 1 unspecified atom stereocenters. The SMILES string of the molecule is C=C(C)C(=O)OCC(CCC1CCC(C2CCC(c3ccc(CCCCC)c(F)c3F)CC2)CC1)COC(=O)C(=C)CO. The Morgan fingerprint density at radius 2 is 1.51 bits per heavy atom. The molecular weight excluding hydrogens is 550 g/mol. The molecule has 43 heavy (non-hydrogen) atoms. The molecular formula is C36H52F2O5. The lowest BCUT2D eigenvalue weighted by atomic mass is 9.67. The standard InChI is InChI=1S/C36H52F2O5/c1-5-6-7-8-31-19-20-32(34(38)33(31)37)30-17-15-29(16-18-30)28-13-11-26(12-14-28)9-10-27(22-42-35(40)24(2)3)23-43-36(41)25(4)21-39/h19-20,26-30,39H,2,4-18,21-23H2,1,3H3. The average Bonchev–Trinajstić information content (AvgIpc) is 3.02. The molecule has 1 atom stereocenters. The number of aliphatic hydroxyl groups excluding tert-OH is 1. The number of ether oxygens (including phenoxy) is 2. The molecule has 0 saturated heterocycles. The van der Waals surface area contributed by atoms with E-state index in [1.807, 2.05) is 12.1 Å². The number of esters is 2. The Balaban J connectivity index is 1.44. The van der Waals surface area contributed by atoms with E-state index >= 15 is 4.39 Å². The van der Waals surface area contributed by atoms with Crippen molar-refractivity contribution in [2.24, 2.45) is 23.7 Å². The van der Waals surface area contributed by atoms with Crippen LogP contribution >= 0.6 is 0 Å². The van der Waals surface area contributed by atoms with Crippen LogP contribution in [-0.4, -0.2) is 36.9 Å². The number of unbranched alkanes of at least 4 members (excludes halogenated alkanes) is 2. The molecule has 0 aliphatic heterocycles. The number of aliphatic hydroxyl groups is 1. The maximum absolute atomic E-state index is 15.0. The lowest BCUT2D eigenvalue weighted by molar-refractivity contribution is -0.144. The van der Waals surface area contributed by atoms with Gasteiger partial charge in [0, 0.05) is 11.5 Å². The number of carbonyl (C=O) groups is 2. The van der Waals surface area contributed by atoms with Crippen molar-refractivity contribution in [3.63, 3.8) is 0 Å². The van der Waals surface area contributed by atoms with Gasteiger partial charge in [0.25, 0.3) is 0 Å². The summed E-state index contributed by atoms with van der Waals surface area (Å²) < 4.78 is 40.4. The number of halogens is 2. The maximum atomic E-state index is 15.0. The van der Waals surface area contributed by atoms with E-state index in [1.165, 1.54) is 12.8 Å². The molecule has 2 fully saturated rings. The number of carbonyl (C=O) groups excluding carboxylic acids is 2. The molecule has 0 aromatic heterocycles. The molecule has 0 spiro atoms. The third kappa shape index (κ3) is 10.5. The first-order valence-corrected chi connectivity index (χ1v) is 16.4. The highest BCUT2D eigenvalue weighted by molar-refractivity contribution is 5.88. The molecule has 0 heterocycles.